The number of carbonyl (C=O) groups is 1. The molecule has 0 aromatic heterocycles. The highest BCUT2D eigenvalue weighted by Crippen LogP contribution is 2.11. The Hall–Kier alpha value is -0.570. The van der Waals surface area contributed by atoms with Gasteiger partial charge >= 0.3 is 0 Å². The van der Waals surface area contributed by atoms with E-state index in [0.29, 0.717) is 18.8 Å². The summed E-state index contributed by atoms with van der Waals surface area (Å²) in [7, 11) is 0. The van der Waals surface area contributed by atoms with Crippen LogP contribution in [0.4, 0.5) is 0 Å². The quantitative estimate of drug-likeness (QED) is 0.673. The van der Waals surface area contributed by atoms with Crippen molar-refractivity contribution in [2.75, 3.05) is 19.7 Å². The van der Waals surface area contributed by atoms with Gasteiger partial charge in [-0.25, -0.2) is 0 Å². The molecule has 0 atom stereocenters. The fraction of sp³-hybridized carbons (Fsp3) is 0.917. The minimum atomic E-state index is 0.105. The molecule has 3 heteroatoms. The molecule has 1 amide bonds. The van der Waals surface area contributed by atoms with E-state index in [1.807, 2.05) is 11.8 Å². The first-order valence-electron chi connectivity index (χ1n) is 6.08. The predicted molar refractivity (Wildman–Crippen MR) is 62.6 cm³/mol. The van der Waals surface area contributed by atoms with Gasteiger partial charge in [0.15, 0.2) is 0 Å². The van der Waals surface area contributed by atoms with Gasteiger partial charge in [0, 0.05) is 26.1 Å². The van der Waals surface area contributed by atoms with Gasteiger partial charge in [0.25, 0.3) is 0 Å². The van der Waals surface area contributed by atoms with Crippen LogP contribution in [0.15, 0.2) is 0 Å². The topological polar surface area (TPSA) is 40.5 Å². The summed E-state index contributed by atoms with van der Waals surface area (Å²) in [5, 5.41) is 8.67. The van der Waals surface area contributed by atoms with E-state index in [9.17, 15) is 4.79 Å². The summed E-state index contributed by atoms with van der Waals surface area (Å²) in [5.41, 5.74) is 0. The summed E-state index contributed by atoms with van der Waals surface area (Å²) < 4.78 is 0. The number of amides is 1. The fourth-order valence-electron chi connectivity index (χ4n) is 1.65. The molecule has 0 aliphatic rings. The Bertz CT molecular complexity index is 167. The highest BCUT2D eigenvalue weighted by molar-refractivity contribution is 5.76. The van der Waals surface area contributed by atoms with Gasteiger partial charge in [-0.2, -0.15) is 0 Å². The van der Waals surface area contributed by atoms with E-state index >= 15 is 0 Å². The zero-order chi connectivity index (χ0) is 11.7. The molecule has 0 aliphatic carbocycles. The van der Waals surface area contributed by atoms with E-state index in [4.69, 9.17) is 5.11 Å². The van der Waals surface area contributed by atoms with Crippen LogP contribution < -0.4 is 0 Å². The number of nitrogens with zero attached hydrogens (tertiary/aromatic N) is 1. The second-order valence-corrected chi connectivity index (χ2v) is 3.94. The molecule has 3 nitrogen and oxygen atoms in total. The lowest BCUT2D eigenvalue weighted by atomic mass is 10.0. The van der Waals surface area contributed by atoms with Crippen molar-refractivity contribution in [2.45, 2.75) is 46.5 Å². The summed E-state index contributed by atoms with van der Waals surface area (Å²) in [6.45, 7) is 8.10. The van der Waals surface area contributed by atoms with Gasteiger partial charge < -0.3 is 10.0 Å². The lowest BCUT2D eigenvalue weighted by Gasteiger charge is -2.25. The molecule has 0 saturated carbocycles. The molecule has 0 unspecified atom stereocenters. The van der Waals surface area contributed by atoms with Gasteiger partial charge in [-0.05, 0) is 19.3 Å². The van der Waals surface area contributed by atoms with E-state index in [0.717, 1.165) is 25.9 Å². The Morgan fingerprint density at radius 3 is 2.27 bits per heavy atom. The monoisotopic (exact) mass is 215 g/mol. The Balaban J connectivity index is 4.04. The minimum Gasteiger partial charge on any atom is -0.396 e. The highest BCUT2D eigenvalue weighted by atomic mass is 16.3. The standard InChI is InChI=1S/C12H25NO2/c1-4-11(5-2)10-13(6-3)12(15)8-7-9-14/h11,14H,4-10H2,1-3H3. The predicted octanol–water partition coefficient (Wildman–Crippen LogP) is 2.04. The van der Waals surface area contributed by atoms with Crippen molar-refractivity contribution in [1.82, 2.24) is 4.90 Å². The SMILES string of the molecule is CCC(CC)CN(CC)C(=O)CCCO. The largest absolute Gasteiger partial charge is 0.396 e. The Labute approximate surface area is 93.5 Å². The van der Waals surface area contributed by atoms with Crippen LogP contribution in [0, 0.1) is 5.92 Å². The number of hydrogen-bond acceptors (Lipinski definition) is 2. The second kappa shape index (κ2) is 8.72. The van der Waals surface area contributed by atoms with Gasteiger partial charge in [-0.1, -0.05) is 26.7 Å². The van der Waals surface area contributed by atoms with Crippen LogP contribution in [0.3, 0.4) is 0 Å². The average Bonchev–Trinajstić information content (AvgIpc) is 2.27. The van der Waals surface area contributed by atoms with Crippen molar-refractivity contribution in [3.8, 4) is 0 Å². The maximum absolute atomic E-state index is 11.7. The van der Waals surface area contributed by atoms with E-state index in [-0.39, 0.29) is 12.5 Å². The van der Waals surface area contributed by atoms with Crippen LogP contribution in [0.5, 0.6) is 0 Å². The highest BCUT2D eigenvalue weighted by Gasteiger charge is 2.14. The molecule has 0 aliphatic heterocycles. The van der Waals surface area contributed by atoms with Crippen LogP contribution in [-0.4, -0.2) is 35.6 Å². The normalized spacial score (nSPS) is 10.7. The van der Waals surface area contributed by atoms with Gasteiger partial charge in [0.05, 0.1) is 0 Å². The van der Waals surface area contributed by atoms with Crippen LogP contribution in [-0.2, 0) is 4.79 Å². The molecular formula is C12H25NO2. The molecule has 0 spiro atoms. The average molecular weight is 215 g/mol. The molecule has 0 bridgehead atoms. The van der Waals surface area contributed by atoms with Crippen molar-refractivity contribution in [2.24, 2.45) is 5.92 Å². The van der Waals surface area contributed by atoms with Crippen molar-refractivity contribution in [3.63, 3.8) is 0 Å². The first kappa shape index (κ1) is 14.4. The van der Waals surface area contributed by atoms with E-state index in [2.05, 4.69) is 13.8 Å². The molecule has 90 valence electrons. The number of aliphatic hydroxyl groups excluding tert-OH is 1. The third-order valence-corrected chi connectivity index (χ3v) is 2.92. The molecule has 0 heterocycles. The number of carbonyl (C=O) groups excluding carboxylic acids is 1. The summed E-state index contributed by atoms with van der Waals surface area (Å²) in [6.07, 6.45) is 3.31. The zero-order valence-corrected chi connectivity index (χ0v) is 10.3. The first-order valence-corrected chi connectivity index (χ1v) is 6.08. The fourth-order valence-corrected chi connectivity index (χ4v) is 1.65. The molecule has 0 saturated heterocycles. The van der Waals surface area contributed by atoms with Crippen molar-refractivity contribution < 1.29 is 9.90 Å². The van der Waals surface area contributed by atoms with Gasteiger partial charge in [0.1, 0.15) is 0 Å². The molecular weight excluding hydrogens is 190 g/mol. The maximum atomic E-state index is 11.7. The minimum absolute atomic E-state index is 0.105. The molecule has 0 fully saturated rings. The smallest absolute Gasteiger partial charge is 0.222 e. The van der Waals surface area contributed by atoms with Crippen LogP contribution >= 0.6 is 0 Å². The molecule has 1 N–H and O–H groups in total. The second-order valence-electron chi connectivity index (χ2n) is 3.94. The van der Waals surface area contributed by atoms with Crippen molar-refractivity contribution in [3.05, 3.63) is 0 Å². The third-order valence-electron chi connectivity index (χ3n) is 2.92. The molecule has 15 heavy (non-hydrogen) atoms. The van der Waals surface area contributed by atoms with E-state index in [1.165, 1.54) is 0 Å². The third kappa shape index (κ3) is 5.78. The lowest BCUT2D eigenvalue weighted by Crippen LogP contribution is -2.35. The molecule has 0 aromatic rings. The van der Waals surface area contributed by atoms with Crippen LogP contribution in [0.2, 0.25) is 0 Å². The Kier molecular flexibility index (Phi) is 8.38. The maximum Gasteiger partial charge on any atom is 0.222 e. The summed E-state index contributed by atoms with van der Waals surface area (Å²) in [5.74, 6) is 0.793. The Morgan fingerprint density at radius 1 is 1.27 bits per heavy atom. The Morgan fingerprint density at radius 2 is 1.87 bits per heavy atom. The molecule has 0 radical (unpaired) electrons. The van der Waals surface area contributed by atoms with Crippen LogP contribution in [0.25, 0.3) is 0 Å². The first-order chi connectivity index (χ1) is 7.19. The van der Waals surface area contributed by atoms with Crippen molar-refractivity contribution in [1.29, 1.82) is 0 Å². The van der Waals surface area contributed by atoms with Gasteiger partial charge in [0.2, 0.25) is 5.91 Å². The summed E-state index contributed by atoms with van der Waals surface area (Å²) >= 11 is 0. The summed E-state index contributed by atoms with van der Waals surface area (Å²) in [6, 6.07) is 0. The van der Waals surface area contributed by atoms with Gasteiger partial charge in [-0.3, -0.25) is 4.79 Å². The number of hydrogen-bond donors (Lipinski definition) is 1. The van der Waals surface area contributed by atoms with E-state index in [1.54, 1.807) is 0 Å². The van der Waals surface area contributed by atoms with Gasteiger partial charge in [-0.15, -0.1) is 0 Å². The lowest BCUT2D eigenvalue weighted by molar-refractivity contribution is -0.132. The number of rotatable bonds is 8. The van der Waals surface area contributed by atoms with E-state index < -0.39 is 0 Å². The molecule has 0 aromatic carbocycles. The van der Waals surface area contributed by atoms with Crippen LogP contribution in [0.1, 0.15) is 46.5 Å². The zero-order valence-electron chi connectivity index (χ0n) is 10.3. The molecule has 0 rings (SSSR count). The van der Waals surface area contributed by atoms with Crippen molar-refractivity contribution >= 4 is 5.91 Å². The number of aliphatic hydroxyl groups is 1. The summed E-state index contributed by atoms with van der Waals surface area (Å²) in [4.78, 5) is 13.6.